The van der Waals surface area contributed by atoms with Crippen molar-refractivity contribution in [2.75, 3.05) is 20.3 Å². The van der Waals surface area contributed by atoms with Crippen molar-refractivity contribution < 1.29 is 4.74 Å². The van der Waals surface area contributed by atoms with Crippen molar-refractivity contribution in [2.24, 2.45) is 0 Å². The lowest BCUT2D eigenvalue weighted by Crippen LogP contribution is -2.37. The highest BCUT2D eigenvalue weighted by molar-refractivity contribution is 9.10. The third kappa shape index (κ3) is 4.80. The number of aromatic nitrogens is 2. The fourth-order valence-corrected chi connectivity index (χ4v) is 3.45. The van der Waals surface area contributed by atoms with Gasteiger partial charge in [0, 0.05) is 32.8 Å². The van der Waals surface area contributed by atoms with E-state index in [0.717, 1.165) is 38.4 Å². The third-order valence-corrected chi connectivity index (χ3v) is 5.00. The molecule has 0 radical (unpaired) electrons. The Morgan fingerprint density at radius 2 is 1.90 bits per heavy atom. The zero-order valence-corrected chi connectivity index (χ0v) is 15.7. The summed E-state index contributed by atoms with van der Waals surface area (Å²) in [5.41, 5.74) is 2.44. The van der Waals surface area contributed by atoms with Crippen LogP contribution in [0.15, 0.2) is 4.47 Å². The number of aryl methyl sites for hydroxylation is 2. The van der Waals surface area contributed by atoms with Gasteiger partial charge in [0.1, 0.15) is 0 Å². The third-order valence-electron chi connectivity index (χ3n) is 4.09. The molecule has 0 atom stereocenters. The second kappa shape index (κ2) is 9.59. The zero-order valence-electron chi connectivity index (χ0n) is 14.2. The van der Waals surface area contributed by atoms with Crippen LogP contribution in [0, 0.1) is 0 Å². The molecule has 0 unspecified atom stereocenters. The summed E-state index contributed by atoms with van der Waals surface area (Å²) in [6, 6.07) is 0.595. The summed E-state index contributed by atoms with van der Waals surface area (Å²) in [5.74, 6) is 0. The van der Waals surface area contributed by atoms with E-state index >= 15 is 0 Å². The molecular formula is C16H30BrN3O. The molecule has 4 nitrogen and oxygen atoms in total. The summed E-state index contributed by atoms with van der Waals surface area (Å²) in [5, 5.41) is 4.70. The van der Waals surface area contributed by atoms with Crippen LogP contribution in [0.25, 0.3) is 0 Å². The van der Waals surface area contributed by atoms with Gasteiger partial charge in [0.25, 0.3) is 0 Å². The standard InChI is InChI=1S/C16H30BrN3O/c1-6-13(7-2)19(10-11-21-5)12-15-16(17)14(8-3)18-20(15)9-4/h13H,6-12H2,1-5H3. The van der Waals surface area contributed by atoms with E-state index in [1.165, 1.54) is 23.0 Å². The van der Waals surface area contributed by atoms with Crippen LogP contribution in [-0.2, 0) is 24.2 Å². The Kier molecular flexibility index (Phi) is 8.52. The van der Waals surface area contributed by atoms with Gasteiger partial charge in [0.15, 0.2) is 0 Å². The average molecular weight is 360 g/mol. The summed E-state index contributed by atoms with van der Waals surface area (Å²) in [7, 11) is 1.77. The van der Waals surface area contributed by atoms with Crippen molar-refractivity contribution in [1.82, 2.24) is 14.7 Å². The molecule has 122 valence electrons. The minimum atomic E-state index is 0.595. The van der Waals surface area contributed by atoms with Crippen LogP contribution in [0.3, 0.4) is 0 Å². The van der Waals surface area contributed by atoms with Gasteiger partial charge in [0.05, 0.1) is 22.5 Å². The molecule has 0 aliphatic rings. The second-order valence-corrected chi connectivity index (χ2v) is 6.10. The molecule has 5 heteroatoms. The van der Waals surface area contributed by atoms with E-state index in [4.69, 9.17) is 9.84 Å². The van der Waals surface area contributed by atoms with Crippen molar-refractivity contribution in [3.63, 3.8) is 0 Å². The largest absolute Gasteiger partial charge is 0.383 e. The predicted molar refractivity (Wildman–Crippen MR) is 91.6 cm³/mol. The van der Waals surface area contributed by atoms with E-state index in [9.17, 15) is 0 Å². The Labute approximate surface area is 138 Å². The normalized spacial score (nSPS) is 11.8. The summed E-state index contributed by atoms with van der Waals surface area (Å²) in [4.78, 5) is 2.52. The van der Waals surface area contributed by atoms with Gasteiger partial charge in [-0.05, 0) is 42.1 Å². The number of rotatable bonds is 10. The Morgan fingerprint density at radius 3 is 2.38 bits per heavy atom. The van der Waals surface area contributed by atoms with Crippen LogP contribution >= 0.6 is 15.9 Å². The van der Waals surface area contributed by atoms with Gasteiger partial charge in [-0.15, -0.1) is 0 Å². The fraction of sp³-hybridized carbons (Fsp3) is 0.812. The van der Waals surface area contributed by atoms with Crippen LogP contribution < -0.4 is 0 Å². The van der Waals surface area contributed by atoms with Crippen molar-refractivity contribution in [3.8, 4) is 0 Å². The molecule has 0 bridgehead atoms. The maximum Gasteiger partial charge on any atom is 0.0767 e. The molecular weight excluding hydrogens is 330 g/mol. The first-order chi connectivity index (χ1) is 10.1. The molecule has 1 aromatic rings. The van der Waals surface area contributed by atoms with Crippen LogP contribution in [0.2, 0.25) is 0 Å². The van der Waals surface area contributed by atoms with Crippen LogP contribution in [0.1, 0.15) is 51.9 Å². The lowest BCUT2D eigenvalue weighted by molar-refractivity contribution is 0.107. The Bertz CT molecular complexity index is 416. The summed E-state index contributed by atoms with van der Waals surface area (Å²) in [6.07, 6.45) is 3.29. The summed E-state index contributed by atoms with van der Waals surface area (Å²) < 4.78 is 8.60. The van der Waals surface area contributed by atoms with E-state index in [2.05, 4.69) is 53.2 Å². The number of halogens is 1. The molecule has 0 saturated carbocycles. The van der Waals surface area contributed by atoms with Crippen LogP contribution in [-0.4, -0.2) is 41.0 Å². The lowest BCUT2D eigenvalue weighted by atomic mass is 10.1. The molecule has 1 aromatic heterocycles. The second-order valence-electron chi connectivity index (χ2n) is 5.31. The van der Waals surface area contributed by atoms with E-state index < -0.39 is 0 Å². The highest BCUT2D eigenvalue weighted by atomic mass is 79.9. The van der Waals surface area contributed by atoms with Crippen LogP contribution in [0.5, 0.6) is 0 Å². The number of hydrogen-bond acceptors (Lipinski definition) is 3. The molecule has 21 heavy (non-hydrogen) atoms. The van der Waals surface area contributed by atoms with Gasteiger partial charge in [-0.1, -0.05) is 20.8 Å². The number of hydrogen-bond donors (Lipinski definition) is 0. The minimum absolute atomic E-state index is 0.595. The summed E-state index contributed by atoms with van der Waals surface area (Å²) >= 11 is 3.75. The zero-order chi connectivity index (χ0) is 15.8. The molecule has 0 saturated heterocycles. The summed E-state index contributed by atoms with van der Waals surface area (Å²) in [6.45, 7) is 12.4. The average Bonchev–Trinajstić information content (AvgIpc) is 2.81. The highest BCUT2D eigenvalue weighted by Gasteiger charge is 2.20. The lowest BCUT2D eigenvalue weighted by Gasteiger charge is -2.30. The molecule has 0 amide bonds. The van der Waals surface area contributed by atoms with Crippen molar-refractivity contribution >= 4 is 15.9 Å². The predicted octanol–water partition coefficient (Wildman–Crippen LogP) is 3.86. The number of methoxy groups -OCH3 is 1. The number of ether oxygens (including phenoxy) is 1. The maximum absolute atomic E-state index is 5.29. The Hall–Kier alpha value is -0.390. The molecule has 0 N–H and O–H groups in total. The molecule has 0 fully saturated rings. The van der Waals surface area contributed by atoms with Gasteiger partial charge in [-0.2, -0.15) is 5.10 Å². The van der Waals surface area contributed by atoms with E-state index in [0.29, 0.717) is 6.04 Å². The first kappa shape index (κ1) is 18.7. The van der Waals surface area contributed by atoms with E-state index in [1.54, 1.807) is 7.11 Å². The monoisotopic (exact) mass is 359 g/mol. The smallest absolute Gasteiger partial charge is 0.0767 e. The molecule has 0 aromatic carbocycles. The topological polar surface area (TPSA) is 30.3 Å². The van der Waals surface area contributed by atoms with Gasteiger partial charge in [0.2, 0.25) is 0 Å². The molecule has 1 rings (SSSR count). The Balaban J connectivity index is 2.98. The van der Waals surface area contributed by atoms with Crippen molar-refractivity contribution in [1.29, 1.82) is 0 Å². The van der Waals surface area contributed by atoms with Crippen molar-refractivity contribution in [2.45, 2.75) is 66.1 Å². The van der Waals surface area contributed by atoms with Crippen LogP contribution in [0.4, 0.5) is 0 Å². The molecule has 0 aliphatic carbocycles. The first-order valence-electron chi connectivity index (χ1n) is 8.09. The molecule has 0 spiro atoms. The van der Waals surface area contributed by atoms with Gasteiger partial charge >= 0.3 is 0 Å². The van der Waals surface area contributed by atoms with Gasteiger partial charge < -0.3 is 4.74 Å². The maximum atomic E-state index is 5.29. The highest BCUT2D eigenvalue weighted by Crippen LogP contribution is 2.25. The minimum Gasteiger partial charge on any atom is -0.383 e. The van der Waals surface area contributed by atoms with Gasteiger partial charge in [-0.25, -0.2) is 0 Å². The Morgan fingerprint density at radius 1 is 1.24 bits per heavy atom. The first-order valence-corrected chi connectivity index (χ1v) is 8.89. The number of nitrogens with zero attached hydrogens (tertiary/aromatic N) is 3. The van der Waals surface area contributed by atoms with Crippen molar-refractivity contribution in [3.05, 3.63) is 15.9 Å². The molecule has 0 aliphatic heterocycles. The SMILES string of the molecule is CCc1nn(CC)c(CN(CCOC)C(CC)CC)c1Br. The fourth-order valence-electron chi connectivity index (χ4n) is 2.77. The van der Waals surface area contributed by atoms with E-state index in [1.807, 2.05) is 0 Å². The quantitative estimate of drug-likeness (QED) is 0.635. The van der Waals surface area contributed by atoms with Gasteiger partial charge in [-0.3, -0.25) is 9.58 Å². The molecule has 1 heterocycles. The van der Waals surface area contributed by atoms with E-state index in [-0.39, 0.29) is 0 Å².